The van der Waals surface area contributed by atoms with Crippen molar-refractivity contribution in [3.8, 4) is 0 Å². The molecule has 8 heteroatoms. The van der Waals surface area contributed by atoms with Crippen LogP contribution in [0.15, 0.2) is 18.2 Å². The number of piperidine rings is 1. The van der Waals surface area contributed by atoms with Crippen molar-refractivity contribution in [2.75, 3.05) is 33.5 Å². The maximum atomic E-state index is 14.4. The third kappa shape index (κ3) is 3.92. The number of imide groups is 1. The molecule has 2 saturated carbocycles. The molecule has 2 bridgehead atoms. The number of nitrogens with zero attached hydrogens (tertiary/aromatic N) is 3. The van der Waals surface area contributed by atoms with E-state index in [1.54, 1.807) is 0 Å². The smallest absolute Gasteiger partial charge is 0.329 e. The summed E-state index contributed by atoms with van der Waals surface area (Å²) in [4.78, 5) is 33.9. The molecule has 0 radical (unpaired) electrons. The second-order valence-corrected chi connectivity index (χ2v) is 19.9. The molecule has 2 aliphatic heterocycles. The number of benzene rings is 1. The topological polar surface area (TPSA) is 73.3 Å². The van der Waals surface area contributed by atoms with E-state index in [1.807, 2.05) is 4.90 Å². The van der Waals surface area contributed by atoms with Crippen molar-refractivity contribution in [1.29, 1.82) is 0 Å². The number of aryl methyl sites for hydroxylation is 1. The van der Waals surface area contributed by atoms with Gasteiger partial charge in [-0.05, 0) is 88.6 Å². The number of aliphatic hydroxyl groups is 1. The van der Waals surface area contributed by atoms with E-state index in [0.717, 1.165) is 38.3 Å². The Kier molecular flexibility index (Phi) is 6.19. The van der Waals surface area contributed by atoms with Gasteiger partial charge in [-0.3, -0.25) is 4.79 Å². The molecule has 5 aliphatic rings. The average molecular weight is 540 g/mol. The first kappa shape index (κ1) is 26.5. The number of urea groups is 1. The van der Waals surface area contributed by atoms with Crippen molar-refractivity contribution >= 4 is 20.0 Å². The maximum Gasteiger partial charge on any atom is 0.329 e. The number of hydrogen-bond acceptors (Lipinski definition) is 5. The van der Waals surface area contributed by atoms with Crippen molar-refractivity contribution in [2.24, 2.45) is 5.92 Å². The lowest BCUT2D eigenvalue weighted by Gasteiger charge is -2.66. The van der Waals surface area contributed by atoms with E-state index in [9.17, 15) is 14.7 Å². The van der Waals surface area contributed by atoms with Gasteiger partial charge in [0.25, 0.3) is 5.91 Å². The van der Waals surface area contributed by atoms with Crippen LogP contribution in [0.5, 0.6) is 0 Å². The molecule has 6 rings (SSSR count). The summed E-state index contributed by atoms with van der Waals surface area (Å²) in [6.45, 7) is 11.1. The lowest BCUT2D eigenvalue weighted by Crippen LogP contribution is -2.76. The predicted molar refractivity (Wildman–Crippen MR) is 150 cm³/mol. The Bertz CT molecular complexity index is 1150. The molecule has 1 aromatic carbocycles. The zero-order valence-electron chi connectivity index (χ0n) is 23.9. The lowest BCUT2D eigenvalue weighted by molar-refractivity contribution is -0.185. The van der Waals surface area contributed by atoms with E-state index in [1.165, 1.54) is 21.6 Å². The molecule has 1 N–H and O–H groups in total. The molecule has 38 heavy (non-hydrogen) atoms. The number of rotatable bonds is 7. The minimum Gasteiger partial charge on any atom is -0.387 e. The lowest BCUT2D eigenvalue weighted by atomic mass is 9.46. The second-order valence-electron chi connectivity index (χ2n) is 14.2. The van der Waals surface area contributed by atoms with Crippen molar-refractivity contribution in [1.82, 2.24) is 14.7 Å². The fraction of sp³-hybridized carbons (Fsp3) is 0.733. The Morgan fingerprint density at radius 1 is 1.13 bits per heavy atom. The Morgan fingerprint density at radius 2 is 1.89 bits per heavy atom. The zero-order valence-corrected chi connectivity index (χ0v) is 24.9. The number of amides is 3. The van der Waals surface area contributed by atoms with E-state index in [4.69, 9.17) is 4.74 Å². The highest BCUT2D eigenvalue weighted by Crippen LogP contribution is 2.62. The van der Waals surface area contributed by atoms with Crippen LogP contribution in [-0.2, 0) is 21.4 Å². The van der Waals surface area contributed by atoms with E-state index >= 15 is 0 Å². The number of likely N-dealkylation sites (tertiary alicyclic amines) is 1. The Labute approximate surface area is 228 Å². The van der Waals surface area contributed by atoms with Gasteiger partial charge in [0, 0.05) is 32.7 Å². The molecule has 208 valence electrons. The summed E-state index contributed by atoms with van der Waals surface area (Å²) in [5, 5.41) is 12.6. The normalized spacial score (nSPS) is 35.2. The van der Waals surface area contributed by atoms with Crippen LogP contribution in [0, 0.1) is 12.8 Å². The summed E-state index contributed by atoms with van der Waals surface area (Å²) in [6.07, 6.45) is 5.39. The van der Waals surface area contributed by atoms with Gasteiger partial charge in [0.1, 0.15) is 12.3 Å². The predicted octanol–water partition coefficient (Wildman–Crippen LogP) is 4.13. The van der Waals surface area contributed by atoms with Gasteiger partial charge >= 0.3 is 6.03 Å². The minimum absolute atomic E-state index is 0.0221. The second kappa shape index (κ2) is 8.88. The van der Waals surface area contributed by atoms with Gasteiger partial charge in [0.05, 0.1) is 5.60 Å². The molecule has 3 amide bonds. The van der Waals surface area contributed by atoms with Crippen molar-refractivity contribution in [3.63, 3.8) is 0 Å². The van der Waals surface area contributed by atoms with Gasteiger partial charge in [-0.2, -0.15) is 0 Å². The van der Waals surface area contributed by atoms with Crippen LogP contribution in [0.4, 0.5) is 4.79 Å². The molecular weight excluding hydrogens is 494 g/mol. The van der Waals surface area contributed by atoms with Crippen molar-refractivity contribution < 1.29 is 19.4 Å². The number of ether oxygens (including phenoxy) is 1. The van der Waals surface area contributed by atoms with Gasteiger partial charge in [-0.25, -0.2) is 9.69 Å². The quantitative estimate of drug-likeness (QED) is 0.320. The van der Waals surface area contributed by atoms with Crippen LogP contribution in [0.2, 0.25) is 25.7 Å². The highest BCUT2D eigenvalue weighted by molar-refractivity contribution is 6.76. The standard InChI is InChI=1S/C30H45N3O4Si/c1-21-6-9-23-17-25-30(36)11-10-29(19-28(30,24(23)16-21)12-13-31(25)2)26(34)32(20-37-14-15-38(3,4)5)27(35)33(29)18-22-7-8-22/h6,9,16,22,25,36H,7-8,10-15,17-20H2,1-5H3/t25-,28-,29+,30-/m1/s1. The van der Waals surface area contributed by atoms with E-state index in [-0.39, 0.29) is 24.7 Å². The summed E-state index contributed by atoms with van der Waals surface area (Å²) < 4.78 is 5.97. The molecule has 1 aromatic rings. The van der Waals surface area contributed by atoms with Crippen LogP contribution in [0.25, 0.3) is 0 Å². The molecule has 0 unspecified atom stereocenters. The van der Waals surface area contributed by atoms with Crippen molar-refractivity contribution in [2.45, 2.75) is 100 Å². The zero-order chi connectivity index (χ0) is 27.1. The Hall–Kier alpha value is -1.74. The molecule has 3 aliphatic carbocycles. The van der Waals surface area contributed by atoms with Gasteiger partial charge in [-0.15, -0.1) is 0 Å². The van der Waals surface area contributed by atoms with Crippen LogP contribution < -0.4 is 0 Å². The van der Waals surface area contributed by atoms with Crippen LogP contribution in [0.3, 0.4) is 0 Å². The van der Waals surface area contributed by atoms with Crippen LogP contribution in [-0.4, -0.2) is 90.5 Å². The van der Waals surface area contributed by atoms with Gasteiger partial charge in [0.15, 0.2) is 0 Å². The highest BCUT2D eigenvalue weighted by atomic mass is 28.3. The maximum absolute atomic E-state index is 14.4. The fourth-order valence-electron chi connectivity index (χ4n) is 8.02. The first-order chi connectivity index (χ1) is 17.9. The number of carbonyl (C=O) groups excluding carboxylic acids is 2. The first-order valence-electron chi connectivity index (χ1n) is 14.6. The summed E-state index contributed by atoms with van der Waals surface area (Å²) in [6, 6.07) is 7.47. The summed E-state index contributed by atoms with van der Waals surface area (Å²) in [5.41, 5.74) is 1.30. The molecule has 2 saturated heterocycles. The van der Waals surface area contributed by atoms with Crippen molar-refractivity contribution in [3.05, 3.63) is 34.9 Å². The number of likely N-dealkylation sites (N-methyl/N-ethyl adjacent to an activating group) is 1. The molecule has 1 spiro atoms. The number of hydrogen-bond donors (Lipinski definition) is 1. The Morgan fingerprint density at radius 3 is 2.61 bits per heavy atom. The van der Waals surface area contributed by atoms with Gasteiger partial charge in [-0.1, -0.05) is 43.4 Å². The number of carbonyl (C=O) groups is 2. The van der Waals surface area contributed by atoms with Gasteiger partial charge < -0.3 is 19.6 Å². The minimum atomic E-state index is -1.28. The number of fused-ring (bicyclic) bond motifs is 1. The third-order valence-corrected chi connectivity index (χ3v) is 12.2. The summed E-state index contributed by atoms with van der Waals surface area (Å²) in [5.74, 6) is 0.364. The Balaban J connectivity index is 1.38. The molecule has 0 aromatic heterocycles. The summed E-state index contributed by atoms with van der Waals surface area (Å²) in [7, 11) is 0.848. The molecule has 4 atom stereocenters. The first-order valence-corrected chi connectivity index (χ1v) is 18.3. The molecule has 7 nitrogen and oxygen atoms in total. The molecule has 4 fully saturated rings. The SMILES string of the molecule is Cc1ccc2c(c1)[C@]13CCN(C)[C@H](C2)[C@]1(O)CC[C@]1(C3)C(=O)N(COCC[Si](C)(C)C)C(=O)N1CC1CC1. The van der Waals surface area contributed by atoms with Gasteiger partial charge in [0.2, 0.25) is 0 Å². The van der Waals surface area contributed by atoms with E-state index in [0.29, 0.717) is 38.3 Å². The summed E-state index contributed by atoms with van der Waals surface area (Å²) >= 11 is 0. The van der Waals surface area contributed by atoms with E-state index < -0.39 is 24.6 Å². The average Bonchev–Trinajstić information content (AvgIpc) is 3.65. The third-order valence-electron chi connectivity index (χ3n) is 10.5. The highest BCUT2D eigenvalue weighted by Gasteiger charge is 2.71. The molecule has 2 heterocycles. The van der Waals surface area contributed by atoms with Crippen LogP contribution >= 0.6 is 0 Å². The fourth-order valence-corrected chi connectivity index (χ4v) is 8.78. The van der Waals surface area contributed by atoms with Crippen LogP contribution in [0.1, 0.15) is 55.2 Å². The van der Waals surface area contributed by atoms with E-state index in [2.05, 4.69) is 56.7 Å². The monoisotopic (exact) mass is 539 g/mol. The molecular formula is C30H45N3O4Si. The largest absolute Gasteiger partial charge is 0.387 e.